The van der Waals surface area contributed by atoms with Crippen molar-refractivity contribution in [1.82, 2.24) is 10.2 Å². The topological polar surface area (TPSA) is 36.9 Å². The quantitative estimate of drug-likeness (QED) is 0.359. The van der Waals surface area contributed by atoms with Crippen molar-refractivity contribution >= 4 is 41.5 Å². The molecule has 0 amide bonds. The lowest BCUT2D eigenvalue weighted by Gasteiger charge is -2.31. The highest BCUT2D eigenvalue weighted by Crippen LogP contribution is 2.29. The van der Waals surface area contributed by atoms with Crippen molar-refractivity contribution in [3.05, 3.63) is 34.9 Å². The van der Waals surface area contributed by atoms with E-state index in [1.807, 2.05) is 25.2 Å². The number of ether oxygens (including phenoxy) is 1. The van der Waals surface area contributed by atoms with E-state index in [1.165, 1.54) is 19.3 Å². The van der Waals surface area contributed by atoms with Crippen LogP contribution in [0.3, 0.4) is 0 Å². The number of benzene rings is 1. The van der Waals surface area contributed by atoms with E-state index in [9.17, 15) is 0 Å². The summed E-state index contributed by atoms with van der Waals surface area (Å²) in [6, 6.07) is 8.06. The van der Waals surface area contributed by atoms with Crippen LogP contribution in [0.4, 0.5) is 0 Å². The van der Waals surface area contributed by atoms with Gasteiger partial charge in [-0.05, 0) is 36.8 Å². The number of guanidine groups is 1. The molecule has 0 spiro atoms. The van der Waals surface area contributed by atoms with Crippen molar-refractivity contribution in [2.75, 3.05) is 40.4 Å². The fourth-order valence-corrected chi connectivity index (χ4v) is 3.70. The van der Waals surface area contributed by atoms with Crippen LogP contribution < -0.4 is 5.32 Å². The Morgan fingerprint density at radius 2 is 1.96 bits per heavy atom. The average Bonchev–Trinajstić information content (AvgIpc) is 2.61. The third-order valence-electron chi connectivity index (χ3n) is 5.08. The summed E-state index contributed by atoms with van der Waals surface area (Å²) in [6.07, 6.45) is 3.55. The van der Waals surface area contributed by atoms with Gasteiger partial charge in [-0.25, -0.2) is 0 Å². The zero-order valence-corrected chi connectivity index (χ0v) is 19.5. The molecule has 0 bridgehead atoms. The van der Waals surface area contributed by atoms with Gasteiger partial charge in [0.25, 0.3) is 0 Å². The molecule has 1 heterocycles. The minimum Gasteiger partial charge on any atom is -0.381 e. The Balaban J connectivity index is 0.00000338. The van der Waals surface area contributed by atoms with Gasteiger partial charge >= 0.3 is 0 Å². The highest BCUT2D eigenvalue weighted by atomic mass is 127. The van der Waals surface area contributed by atoms with Crippen molar-refractivity contribution in [3.8, 4) is 0 Å². The Hall–Kier alpha value is -0.530. The van der Waals surface area contributed by atoms with Gasteiger partial charge in [-0.1, -0.05) is 43.6 Å². The molecule has 1 fully saturated rings. The van der Waals surface area contributed by atoms with Gasteiger partial charge in [0.2, 0.25) is 0 Å². The monoisotopic (exact) mass is 493 g/mol. The lowest BCUT2D eigenvalue weighted by molar-refractivity contribution is 0.0625. The maximum atomic E-state index is 6.38. The molecule has 2 rings (SSSR count). The summed E-state index contributed by atoms with van der Waals surface area (Å²) in [5.41, 5.74) is 1.08. The van der Waals surface area contributed by atoms with Crippen LogP contribution >= 0.6 is 35.6 Å². The molecule has 1 saturated heterocycles. The molecule has 26 heavy (non-hydrogen) atoms. The molecule has 148 valence electrons. The molecule has 0 saturated carbocycles. The van der Waals surface area contributed by atoms with Crippen molar-refractivity contribution in [3.63, 3.8) is 0 Å². The van der Waals surface area contributed by atoms with Gasteiger partial charge in [-0.3, -0.25) is 4.99 Å². The van der Waals surface area contributed by atoms with E-state index in [2.05, 4.69) is 42.2 Å². The van der Waals surface area contributed by atoms with E-state index in [-0.39, 0.29) is 29.4 Å². The summed E-state index contributed by atoms with van der Waals surface area (Å²) in [7, 11) is 3.95. The van der Waals surface area contributed by atoms with Gasteiger partial charge in [-0.15, -0.1) is 24.0 Å². The molecule has 4 nitrogen and oxygen atoms in total. The molecular weight excluding hydrogens is 461 g/mol. The van der Waals surface area contributed by atoms with Crippen LogP contribution in [0.2, 0.25) is 5.02 Å². The predicted octanol–water partition coefficient (Wildman–Crippen LogP) is 4.56. The van der Waals surface area contributed by atoms with Gasteiger partial charge in [0.15, 0.2) is 5.96 Å². The van der Waals surface area contributed by atoms with E-state index >= 15 is 0 Å². The third kappa shape index (κ3) is 6.89. The summed E-state index contributed by atoms with van der Waals surface area (Å²) in [5.74, 6) is 1.71. The van der Waals surface area contributed by atoms with Crippen molar-refractivity contribution in [1.29, 1.82) is 0 Å². The maximum Gasteiger partial charge on any atom is 0.193 e. The van der Waals surface area contributed by atoms with E-state index < -0.39 is 0 Å². The molecule has 0 aliphatic carbocycles. The normalized spacial score (nSPS) is 16.1. The molecule has 6 heteroatoms. The van der Waals surface area contributed by atoms with E-state index in [0.29, 0.717) is 0 Å². The number of nitrogens with one attached hydrogen (secondary N) is 1. The minimum absolute atomic E-state index is 0. The fraction of sp³-hybridized carbons (Fsp3) is 0.650. The number of aliphatic imine (C=N–C) groups is 1. The van der Waals surface area contributed by atoms with Gasteiger partial charge in [0.1, 0.15) is 0 Å². The first-order chi connectivity index (χ1) is 11.9. The van der Waals surface area contributed by atoms with E-state index in [1.54, 1.807) is 0 Å². The largest absolute Gasteiger partial charge is 0.381 e. The SMILES string of the molecule is CN=C(NCC(C)(C)c1ccccc1Cl)N(C)CCC1CCOCC1.I. The molecule has 0 unspecified atom stereocenters. The van der Waals surface area contributed by atoms with Gasteiger partial charge in [-0.2, -0.15) is 0 Å². The number of hydrogen-bond acceptors (Lipinski definition) is 2. The standard InChI is InChI=1S/C20H32ClN3O.HI/c1-20(2,17-7-5-6-8-18(17)21)15-23-19(22-3)24(4)12-9-16-10-13-25-14-11-16;/h5-8,16H,9-15H2,1-4H3,(H,22,23);1H. The van der Waals surface area contributed by atoms with Gasteiger partial charge < -0.3 is 15.0 Å². The highest BCUT2D eigenvalue weighted by Gasteiger charge is 2.24. The Morgan fingerprint density at radius 1 is 1.31 bits per heavy atom. The maximum absolute atomic E-state index is 6.38. The van der Waals surface area contributed by atoms with Gasteiger partial charge in [0.05, 0.1) is 0 Å². The zero-order valence-electron chi connectivity index (χ0n) is 16.4. The number of halogens is 2. The number of hydrogen-bond donors (Lipinski definition) is 1. The van der Waals surface area contributed by atoms with Crippen LogP contribution in [0.15, 0.2) is 29.3 Å². The van der Waals surface area contributed by atoms with Crippen LogP contribution in [0.25, 0.3) is 0 Å². The van der Waals surface area contributed by atoms with Crippen molar-refractivity contribution in [2.45, 2.75) is 38.5 Å². The van der Waals surface area contributed by atoms with Crippen LogP contribution in [0.5, 0.6) is 0 Å². The van der Waals surface area contributed by atoms with E-state index in [0.717, 1.165) is 48.8 Å². The molecule has 1 aliphatic rings. The smallest absolute Gasteiger partial charge is 0.193 e. The first-order valence-corrected chi connectivity index (χ1v) is 9.56. The lowest BCUT2D eigenvalue weighted by atomic mass is 9.84. The summed E-state index contributed by atoms with van der Waals surface area (Å²) in [5, 5.41) is 4.33. The van der Waals surface area contributed by atoms with Gasteiger partial charge in [0, 0.05) is 50.8 Å². The molecule has 0 atom stereocenters. The summed E-state index contributed by atoms with van der Waals surface area (Å²) < 4.78 is 5.44. The fourth-order valence-electron chi connectivity index (χ4n) is 3.31. The molecule has 0 aromatic heterocycles. The second kappa shape index (κ2) is 11.3. The summed E-state index contributed by atoms with van der Waals surface area (Å²) in [4.78, 5) is 6.67. The highest BCUT2D eigenvalue weighted by molar-refractivity contribution is 14.0. The number of nitrogens with zero attached hydrogens (tertiary/aromatic N) is 2. The lowest BCUT2D eigenvalue weighted by Crippen LogP contribution is -2.45. The first kappa shape index (κ1) is 23.5. The zero-order chi connectivity index (χ0) is 18.3. The Morgan fingerprint density at radius 3 is 2.58 bits per heavy atom. The van der Waals surface area contributed by atoms with E-state index in [4.69, 9.17) is 16.3 Å². The molecule has 1 aromatic carbocycles. The second-order valence-corrected chi connectivity index (χ2v) is 7.94. The summed E-state index contributed by atoms with van der Waals surface area (Å²) >= 11 is 6.38. The Kier molecular flexibility index (Phi) is 10.3. The molecule has 1 aromatic rings. The summed E-state index contributed by atoms with van der Waals surface area (Å²) in [6.45, 7) is 8.02. The predicted molar refractivity (Wildman–Crippen MR) is 122 cm³/mol. The van der Waals surface area contributed by atoms with Crippen LogP contribution in [-0.2, 0) is 10.2 Å². The molecular formula is C20H33ClIN3O. The third-order valence-corrected chi connectivity index (χ3v) is 5.41. The van der Waals surface area contributed by atoms with Crippen molar-refractivity contribution < 1.29 is 4.74 Å². The second-order valence-electron chi connectivity index (χ2n) is 7.53. The van der Waals surface area contributed by atoms with Crippen LogP contribution in [0, 0.1) is 5.92 Å². The van der Waals surface area contributed by atoms with Crippen LogP contribution in [-0.4, -0.2) is 51.3 Å². The number of rotatable bonds is 6. The molecule has 1 aliphatic heterocycles. The molecule has 0 radical (unpaired) electrons. The van der Waals surface area contributed by atoms with Crippen LogP contribution in [0.1, 0.15) is 38.7 Å². The average molecular weight is 494 g/mol. The Labute approximate surface area is 180 Å². The molecule has 1 N–H and O–H groups in total. The Bertz CT molecular complexity index is 574. The first-order valence-electron chi connectivity index (χ1n) is 9.18. The minimum atomic E-state index is -0.0736. The van der Waals surface area contributed by atoms with Crippen molar-refractivity contribution in [2.24, 2.45) is 10.9 Å².